The zero-order chi connectivity index (χ0) is 14.9. The van der Waals surface area contributed by atoms with Crippen LogP contribution < -0.4 is 5.32 Å². The monoisotopic (exact) mass is 339 g/mol. The molecule has 3 unspecified atom stereocenters. The first kappa shape index (κ1) is 15.8. The van der Waals surface area contributed by atoms with E-state index in [4.69, 9.17) is 4.74 Å². The average molecular weight is 340 g/mol. The fourth-order valence-electron chi connectivity index (χ4n) is 3.29. The normalized spacial score (nSPS) is 29.1. The van der Waals surface area contributed by atoms with E-state index in [1.54, 1.807) is 0 Å². The van der Waals surface area contributed by atoms with Crippen molar-refractivity contribution in [2.24, 2.45) is 5.41 Å². The topological polar surface area (TPSA) is 21.3 Å². The van der Waals surface area contributed by atoms with Crippen LogP contribution in [0, 0.1) is 19.3 Å². The van der Waals surface area contributed by atoms with Gasteiger partial charge in [0.15, 0.2) is 0 Å². The molecule has 0 saturated heterocycles. The van der Waals surface area contributed by atoms with Crippen LogP contribution in [0.15, 0.2) is 16.6 Å². The standard InChI is InChI=1S/C17H26BrNO/c1-6-17(5)14(10-15(17)20-7-2)19-16-11(3)8-13(18)9-12(16)4/h8-9,14-15,19H,6-7,10H2,1-5H3. The molecule has 0 aromatic heterocycles. The Kier molecular flexibility index (Phi) is 4.80. The van der Waals surface area contributed by atoms with Crippen LogP contribution in [0.5, 0.6) is 0 Å². The summed E-state index contributed by atoms with van der Waals surface area (Å²) in [4.78, 5) is 0. The summed E-state index contributed by atoms with van der Waals surface area (Å²) < 4.78 is 7.03. The molecule has 1 saturated carbocycles. The Morgan fingerprint density at radius 3 is 2.40 bits per heavy atom. The van der Waals surface area contributed by atoms with Gasteiger partial charge in [-0.25, -0.2) is 0 Å². The molecule has 1 aromatic carbocycles. The van der Waals surface area contributed by atoms with E-state index in [2.05, 4.69) is 68.0 Å². The summed E-state index contributed by atoms with van der Waals surface area (Å²) in [5.74, 6) is 0. The van der Waals surface area contributed by atoms with Gasteiger partial charge in [-0.1, -0.05) is 29.8 Å². The first-order valence-electron chi connectivity index (χ1n) is 7.57. The number of nitrogens with one attached hydrogen (secondary N) is 1. The van der Waals surface area contributed by atoms with Crippen molar-refractivity contribution < 1.29 is 4.74 Å². The first-order chi connectivity index (χ1) is 9.42. The van der Waals surface area contributed by atoms with Crippen molar-refractivity contribution in [1.29, 1.82) is 0 Å². The van der Waals surface area contributed by atoms with E-state index in [9.17, 15) is 0 Å². The van der Waals surface area contributed by atoms with Crippen molar-refractivity contribution in [3.05, 3.63) is 27.7 Å². The van der Waals surface area contributed by atoms with Crippen LogP contribution >= 0.6 is 15.9 Å². The highest BCUT2D eigenvalue weighted by Crippen LogP contribution is 2.47. The molecule has 0 aliphatic heterocycles. The lowest BCUT2D eigenvalue weighted by Crippen LogP contribution is -2.59. The molecule has 3 heteroatoms. The predicted octanol–water partition coefficient (Wildman–Crippen LogP) is 5.07. The zero-order valence-electron chi connectivity index (χ0n) is 13.2. The number of anilines is 1. The number of benzene rings is 1. The molecule has 1 N–H and O–H groups in total. The van der Waals surface area contributed by atoms with Gasteiger partial charge >= 0.3 is 0 Å². The smallest absolute Gasteiger partial charge is 0.0667 e. The van der Waals surface area contributed by atoms with Crippen LogP contribution in [0.3, 0.4) is 0 Å². The number of ether oxygens (including phenoxy) is 1. The molecular weight excluding hydrogens is 314 g/mol. The summed E-state index contributed by atoms with van der Waals surface area (Å²) in [7, 11) is 0. The van der Waals surface area contributed by atoms with Gasteiger partial charge in [-0.05, 0) is 56.9 Å². The Morgan fingerprint density at radius 2 is 1.90 bits per heavy atom. The second kappa shape index (κ2) is 6.07. The predicted molar refractivity (Wildman–Crippen MR) is 89.5 cm³/mol. The van der Waals surface area contributed by atoms with Crippen LogP contribution in [0.25, 0.3) is 0 Å². The maximum Gasteiger partial charge on any atom is 0.0667 e. The fourth-order valence-corrected chi connectivity index (χ4v) is 3.97. The summed E-state index contributed by atoms with van der Waals surface area (Å²) in [5.41, 5.74) is 4.13. The third kappa shape index (κ3) is 2.75. The van der Waals surface area contributed by atoms with E-state index in [0.29, 0.717) is 12.1 Å². The maximum absolute atomic E-state index is 5.88. The van der Waals surface area contributed by atoms with Crippen LogP contribution in [-0.4, -0.2) is 18.8 Å². The SMILES string of the molecule is CCOC1CC(Nc2c(C)cc(Br)cc2C)C1(C)CC. The summed E-state index contributed by atoms with van der Waals surface area (Å²) in [6.07, 6.45) is 2.64. The second-order valence-corrected chi connectivity index (χ2v) is 7.07. The van der Waals surface area contributed by atoms with E-state index < -0.39 is 0 Å². The molecule has 20 heavy (non-hydrogen) atoms. The molecule has 1 fully saturated rings. The van der Waals surface area contributed by atoms with Crippen molar-refractivity contribution in [3.8, 4) is 0 Å². The molecule has 112 valence electrons. The van der Waals surface area contributed by atoms with Crippen LogP contribution in [0.1, 0.15) is 44.7 Å². The molecule has 0 bridgehead atoms. The number of aryl methyl sites for hydroxylation is 2. The van der Waals surface area contributed by atoms with Crippen molar-refractivity contribution in [2.75, 3.05) is 11.9 Å². The quantitative estimate of drug-likeness (QED) is 0.808. The third-order valence-electron chi connectivity index (χ3n) is 4.93. The third-order valence-corrected chi connectivity index (χ3v) is 5.38. The maximum atomic E-state index is 5.88. The van der Waals surface area contributed by atoms with Gasteiger partial charge in [0.05, 0.1) is 6.10 Å². The number of halogens is 1. The van der Waals surface area contributed by atoms with Gasteiger partial charge in [-0.2, -0.15) is 0 Å². The molecule has 0 radical (unpaired) electrons. The van der Waals surface area contributed by atoms with E-state index in [1.807, 2.05) is 0 Å². The van der Waals surface area contributed by atoms with Gasteiger partial charge < -0.3 is 10.1 Å². The highest BCUT2D eigenvalue weighted by Gasteiger charge is 2.51. The highest BCUT2D eigenvalue weighted by molar-refractivity contribution is 9.10. The minimum absolute atomic E-state index is 0.238. The van der Waals surface area contributed by atoms with E-state index in [0.717, 1.165) is 23.9 Å². The Bertz CT molecular complexity index is 465. The zero-order valence-corrected chi connectivity index (χ0v) is 14.8. The molecule has 0 heterocycles. The largest absolute Gasteiger partial charge is 0.381 e. The summed E-state index contributed by atoms with van der Waals surface area (Å²) in [5, 5.41) is 3.77. The molecule has 1 aliphatic carbocycles. The van der Waals surface area contributed by atoms with Crippen molar-refractivity contribution in [1.82, 2.24) is 0 Å². The average Bonchev–Trinajstić information content (AvgIpc) is 2.39. The minimum atomic E-state index is 0.238. The van der Waals surface area contributed by atoms with Gasteiger partial charge in [-0.3, -0.25) is 0 Å². The van der Waals surface area contributed by atoms with Gasteiger partial charge in [0.2, 0.25) is 0 Å². The lowest BCUT2D eigenvalue weighted by molar-refractivity contribution is -0.109. The van der Waals surface area contributed by atoms with Gasteiger partial charge in [0.1, 0.15) is 0 Å². The molecule has 3 atom stereocenters. The number of rotatable bonds is 5. The highest BCUT2D eigenvalue weighted by atomic mass is 79.9. The van der Waals surface area contributed by atoms with Crippen molar-refractivity contribution in [3.63, 3.8) is 0 Å². The van der Waals surface area contributed by atoms with Gasteiger partial charge in [0.25, 0.3) is 0 Å². The Hall–Kier alpha value is -0.540. The van der Waals surface area contributed by atoms with Crippen LogP contribution in [-0.2, 0) is 4.74 Å². The van der Waals surface area contributed by atoms with E-state index in [-0.39, 0.29) is 5.41 Å². The van der Waals surface area contributed by atoms with Crippen molar-refractivity contribution >= 4 is 21.6 Å². The molecular formula is C17H26BrNO. The molecule has 0 spiro atoms. The molecule has 2 nitrogen and oxygen atoms in total. The summed E-state index contributed by atoms with van der Waals surface area (Å²) >= 11 is 3.56. The lowest BCUT2D eigenvalue weighted by atomic mass is 9.61. The molecule has 2 rings (SSSR count). The Balaban J connectivity index is 2.16. The minimum Gasteiger partial charge on any atom is -0.381 e. The molecule has 1 aromatic rings. The van der Waals surface area contributed by atoms with E-state index >= 15 is 0 Å². The fraction of sp³-hybridized carbons (Fsp3) is 0.647. The van der Waals surface area contributed by atoms with Crippen molar-refractivity contribution in [2.45, 2.75) is 59.6 Å². The number of hydrogen-bond donors (Lipinski definition) is 1. The lowest BCUT2D eigenvalue weighted by Gasteiger charge is -2.54. The Morgan fingerprint density at radius 1 is 1.30 bits per heavy atom. The van der Waals surface area contributed by atoms with Crippen LogP contribution in [0.2, 0.25) is 0 Å². The summed E-state index contributed by atoms with van der Waals surface area (Å²) in [6.45, 7) is 11.8. The Labute approximate surface area is 131 Å². The number of hydrogen-bond acceptors (Lipinski definition) is 2. The molecule has 1 aliphatic rings. The molecule has 0 amide bonds. The van der Waals surface area contributed by atoms with Crippen LogP contribution in [0.4, 0.5) is 5.69 Å². The first-order valence-corrected chi connectivity index (χ1v) is 8.36. The van der Waals surface area contributed by atoms with Gasteiger partial charge in [-0.15, -0.1) is 0 Å². The second-order valence-electron chi connectivity index (χ2n) is 6.15. The van der Waals surface area contributed by atoms with E-state index in [1.165, 1.54) is 16.8 Å². The van der Waals surface area contributed by atoms with Gasteiger partial charge in [0, 0.05) is 28.2 Å². The summed E-state index contributed by atoms with van der Waals surface area (Å²) in [6, 6.07) is 4.86.